The molecule has 0 saturated carbocycles. The van der Waals surface area contributed by atoms with Gasteiger partial charge in [0.1, 0.15) is 0 Å². The van der Waals surface area contributed by atoms with Crippen molar-refractivity contribution in [3.63, 3.8) is 0 Å². The first-order chi connectivity index (χ1) is 10.5. The second-order valence-corrected chi connectivity index (χ2v) is 6.64. The second kappa shape index (κ2) is 7.38. The van der Waals surface area contributed by atoms with E-state index in [0.29, 0.717) is 20.9 Å². The van der Waals surface area contributed by atoms with Gasteiger partial charge in [-0.15, -0.1) is 10.2 Å². The number of hydrogen-bond donors (Lipinski definition) is 2. The van der Waals surface area contributed by atoms with Gasteiger partial charge in [-0.3, -0.25) is 14.9 Å². The zero-order valence-electron chi connectivity index (χ0n) is 10.9. The van der Waals surface area contributed by atoms with Gasteiger partial charge in [-0.2, -0.15) is 0 Å². The minimum Gasteiger partial charge on any atom is -0.481 e. The number of anilines is 2. The van der Waals surface area contributed by atoms with Gasteiger partial charge >= 0.3 is 5.97 Å². The Hall–Kier alpha value is -1.91. The highest BCUT2D eigenvalue weighted by atomic mass is 35.5. The Kier molecular flexibility index (Phi) is 5.52. The molecule has 0 fully saturated rings. The van der Waals surface area contributed by atoms with Crippen molar-refractivity contribution in [2.24, 2.45) is 0 Å². The normalized spacial score (nSPS) is 10.4. The number of rotatable bonds is 7. The summed E-state index contributed by atoms with van der Waals surface area (Å²) in [7, 11) is 0. The molecule has 1 aromatic heterocycles. The van der Waals surface area contributed by atoms with E-state index in [2.05, 4.69) is 15.5 Å². The predicted molar refractivity (Wildman–Crippen MR) is 84.3 cm³/mol. The maximum Gasteiger partial charge on any atom is 0.304 e. The Morgan fingerprint density at radius 1 is 1.50 bits per heavy atom. The molecule has 0 bridgehead atoms. The third-order valence-corrected chi connectivity index (χ3v) is 4.64. The molecule has 0 saturated heterocycles. The Morgan fingerprint density at radius 3 is 2.91 bits per heavy atom. The van der Waals surface area contributed by atoms with Gasteiger partial charge in [0.25, 0.3) is 5.69 Å². The lowest BCUT2D eigenvalue weighted by Gasteiger charge is -2.03. The lowest BCUT2D eigenvalue weighted by atomic mass is 10.3. The molecule has 0 aliphatic rings. The molecule has 0 unspecified atom stereocenters. The summed E-state index contributed by atoms with van der Waals surface area (Å²) in [6.45, 7) is 0. The number of nitro groups is 1. The number of hydrogen-bond acceptors (Lipinski definition) is 8. The summed E-state index contributed by atoms with van der Waals surface area (Å²) in [5.41, 5.74) is 0.378. The van der Waals surface area contributed by atoms with Crippen molar-refractivity contribution >= 4 is 57.2 Å². The molecule has 2 N–H and O–H groups in total. The molecule has 0 aliphatic heterocycles. The molecule has 2 aromatic rings. The standard InChI is InChI=1S/C11H9ClN4O4S2/c12-7-5-6(16(19)20)1-2-8(7)13-10-14-15-11(22-10)21-4-3-9(17)18/h1-2,5H,3-4H2,(H,13,14)(H,17,18). The van der Waals surface area contributed by atoms with Gasteiger partial charge in [-0.05, 0) is 6.07 Å². The van der Waals surface area contributed by atoms with Crippen molar-refractivity contribution in [1.82, 2.24) is 10.2 Å². The van der Waals surface area contributed by atoms with Gasteiger partial charge in [0, 0.05) is 17.9 Å². The van der Waals surface area contributed by atoms with E-state index in [1.54, 1.807) is 0 Å². The second-order valence-electron chi connectivity index (χ2n) is 3.91. The Labute approximate surface area is 137 Å². The fourth-order valence-corrected chi connectivity index (χ4v) is 3.36. The highest BCUT2D eigenvalue weighted by Gasteiger charge is 2.12. The van der Waals surface area contributed by atoms with E-state index < -0.39 is 10.9 Å². The first kappa shape index (κ1) is 16.5. The van der Waals surface area contributed by atoms with E-state index in [4.69, 9.17) is 16.7 Å². The molecule has 0 spiro atoms. The number of halogens is 1. The Morgan fingerprint density at radius 2 is 2.27 bits per heavy atom. The number of nitrogens with one attached hydrogen (secondary N) is 1. The van der Waals surface area contributed by atoms with Crippen LogP contribution < -0.4 is 5.32 Å². The van der Waals surface area contributed by atoms with Gasteiger partial charge in [0.05, 0.1) is 22.1 Å². The number of nitrogens with zero attached hydrogens (tertiary/aromatic N) is 3. The van der Waals surface area contributed by atoms with E-state index in [0.717, 1.165) is 0 Å². The molecule has 116 valence electrons. The van der Waals surface area contributed by atoms with Crippen molar-refractivity contribution < 1.29 is 14.8 Å². The van der Waals surface area contributed by atoms with Crippen LogP contribution in [0.1, 0.15) is 6.42 Å². The number of thioether (sulfide) groups is 1. The van der Waals surface area contributed by atoms with Crippen LogP contribution in [-0.2, 0) is 4.79 Å². The molecule has 11 heteroatoms. The zero-order chi connectivity index (χ0) is 16.1. The molecule has 1 heterocycles. The summed E-state index contributed by atoms with van der Waals surface area (Å²) in [5.74, 6) is -0.463. The molecule has 0 radical (unpaired) electrons. The number of carbonyl (C=O) groups is 1. The van der Waals surface area contributed by atoms with E-state index in [1.807, 2.05) is 0 Å². The third-order valence-electron chi connectivity index (χ3n) is 2.35. The van der Waals surface area contributed by atoms with Crippen LogP contribution in [0, 0.1) is 10.1 Å². The summed E-state index contributed by atoms with van der Waals surface area (Å²) < 4.78 is 0.627. The maximum atomic E-state index is 10.6. The van der Waals surface area contributed by atoms with Crippen molar-refractivity contribution in [1.29, 1.82) is 0 Å². The number of nitro benzene ring substituents is 1. The number of benzene rings is 1. The molecule has 0 atom stereocenters. The van der Waals surface area contributed by atoms with E-state index >= 15 is 0 Å². The molecular formula is C11H9ClN4O4S2. The third kappa shape index (κ3) is 4.55. The lowest BCUT2D eigenvalue weighted by molar-refractivity contribution is -0.384. The molecule has 0 aliphatic carbocycles. The number of aliphatic carboxylic acids is 1. The number of carboxylic acid groups (broad SMARTS) is 1. The molecule has 8 nitrogen and oxygen atoms in total. The fraction of sp³-hybridized carbons (Fsp3) is 0.182. The van der Waals surface area contributed by atoms with Crippen LogP contribution >= 0.6 is 34.7 Å². The first-order valence-corrected chi connectivity index (χ1v) is 8.03. The van der Waals surface area contributed by atoms with Crippen LogP contribution in [-0.4, -0.2) is 31.9 Å². The highest BCUT2D eigenvalue weighted by Crippen LogP contribution is 2.32. The van der Waals surface area contributed by atoms with Gasteiger partial charge in [-0.25, -0.2) is 0 Å². The minimum absolute atomic E-state index is 0.0428. The molecular weight excluding hydrogens is 352 g/mol. The van der Waals surface area contributed by atoms with Gasteiger partial charge < -0.3 is 10.4 Å². The largest absolute Gasteiger partial charge is 0.481 e. The topological polar surface area (TPSA) is 118 Å². The SMILES string of the molecule is O=C(O)CCSc1nnc(Nc2ccc([N+](=O)[O-])cc2Cl)s1. The summed E-state index contributed by atoms with van der Waals surface area (Å²) >= 11 is 8.50. The van der Waals surface area contributed by atoms with Crippen molar-refractivity contribution in [3.8, 4) is 0 Å². The zero-order valence-corrected chi connectivity index (χ0v) is 13.2. The van der Waals surface area contributed by atoms with E-state index in [-0.39, 0.29) is 17.1 Å². The molecule has 0 amide bonds. The highest BCUT2D eigenvalue weighted by molar-refractivity contribution is 8.01. The van der Waals surface area contributed by atoms with Crippen LogP contribution in [0.15, 0.2) is 22.5 Å². The van der Waals surface area contributed by atoms with Crippen LogP contribution in [0.25, 0.3) is 0 Å². The van der Waals surface area contributed by atoms with E-state index in [1.165, 1.54) is 41.3 Å². The van der Waals surface area contributed by atoms with Crippen LogP contribution in [0.3, 0.4) is 0 Å². The van der Waals surface area contributed by atoms with Crippen LogP contribution in [0.2, 0.25) is 5.02 Å². The number of aromatic nitrogens is 2. The molecule has 2 rings (SSSR count). The van der Waals surface area contributed by atoms with Crippen LogP contribution in [0.5, 0.6) is 0 Å². The monoisotopic (exact) mass is 360 g/mol. The number of non-ortho nitro benzene ring substituents is 1. The quantitative estimate of drug-likeness (QED) is 0.438. The fourth-order valence-electron chi connectivity index (χ4n) is 1.38. The summed E-state index contributed by atoms with van der Waals surface area (Å²) in [4.78, 5) is 20.5. The Bertz CT molecular complexity index is 709. The summed E-state index contributed by atoms with van der Waals surface area (Å²) in [6.07, 6.45) is 0.0428. The average molecular weight is 361 g/mol. The lowest BCUT2D eigenvalue weighted by Crippen LogP contribution is -1.95. The smallest absolute Gasteiger partial charge is 0.304 e. The summed E-state index contributed by atoms with van der Waals surface area (Å²) in [6, 6.07) is 4.06. The van der Waals surface area contributed by atoms with Gasteiger partial charge in [-0.1, -0.05) is 34.7 Å². The first-order valence-electron chi connectivity index (χ1n) is 5.85. The van der Waals surface area contributed by atoms with Gasteiger partial charge in [0.2, 0.25) is 5.13 Å². The predicted octanol–water partition coefficient (Wildman–Crippen LogP) is 3.41. The molecule has 22 heavy (non-hydrogen) atoms. The van der Waals surface area contributed by atoms with E-state index in [9.17, 15) is 14.9 Å². The molecule has 1 aromatic carbocycles. The van der Waals surface area contributed by atoms with Crippen molar-refractivity contribution in [3.05, 3.63) is 33.3 Å². The minimum atomic E-state index is -0.868. The van der Waals surface area contributed by atoms with Crippen molar-refractivity contribution in [2.45, 2.75) is 10.8 Å². The number of carboxylic acids is 1. The Balaban J connectivity index is 2.01. The van der Waals surface area contributed by atoms with Crippen molar-refractivity contribution in [2.75, 3.05) is 11.1 Å². The summed E-state index contributed by atoms with van der Waals surface area (Å²) in [5, 5.41) is 30.6. The maximum absolute atomic E-state index is 10.6. The van der Waals surface area contributed by atoms with Gasteiger partial charge in [0.15, 0.2) is 4.34 Å². The van der Waals surface area contributed by atoms with Crippen LogP contribution in [0.4, 0.5) is 16.5 Å². The average Bonchev–Trinajstić information content (AvgIpc) is 2.88.